The summed E-state index contributed by atoms with van der Waals surface area (Å²) in [6.07, 6.45) is 5.74. The van der Waals surface area contributed by atoms with Crippen LogP contribution >= 0.6 is 23.4 Å². The van der Waals surface area contributed by atoms with Crippen molar-refractivity contribution >= 4 is 23.4 Å². The highest BCUT2D eigenvalue weighted by molar-refractivity contribution is 7.98. The average Bonchev–Trinajstić information content (AvgIpc) is 2.34. The minimum Gasteiger partial charge on any atom is -0.378 e. The Balaban J connectivity index is 2.04. The number of halogens is 1. The fourth-order valence-corrected chi connectivity index (χ4v) is 2.33. The predicted molar refractivity (Wildman–Crippen MR) is 82.5 cm³/mol. The van der Waals surface area contributed by atoms with Crippen LogP contribution in [0.2, 0.25) is 5.02 Å². The second kappa shape index (κ2) is 9.48. The molecule has 1 aromatic carbocycles. The zero-order valence-corrected chi connectivity index (χ0v) is 12.6. The van der Waals surface area contributed by atoms with Gasteiger partial charge in [-0.1, -0.05) is 35.9 Å². The van der Waals surface area contributed by atoms with Crippen molar-refractivity contribution in [2.75, 3.05) is 12.4 Å². The fraction of sp³-hybridized carbons (Fsp3) is 0.467. The largest absolute Gasteiger partial charge is 0.378 e. The molecule has 100 valence electrons. The summed E-state index contributed by atoms with van der Waals surface area (Å²) in [5, 5.41) is 0.800. The number of ether oxygens (including phenoxy) is 1. The molecule has 0 saturated heterocycles. The second-order valence-corrected chi connectivity index (χ2v) is 5.79. The molecule has 0 aromatic heterocycles. The van der Waals surface area contributed by atoms with Gasteiger partial charge in [-0.25, -0.2) is 0 Å². The van der Waals surface area contributed by atoms with E-state index in [-0.39, 0.29) is 0 Å². The maximum absolute atomic E-state index is 5.84. The summed E-state index contributed by atoms with van der Waals surface area (Å²) in [6.45, 7) is 4.94. The van der Waals surface area contributed by atoms with Crippen LogP contribution in [0.5, 0.6) is 0 Å². The molecule has 1 aromatic rings. The Labute approximate surface area is 120 Å². The van der Waals surface area contributed by atoms with Crippen LogP contribution in [0.25, 0.3) is 0 Å². The molecule has 0 fully saturated rings. The summed E-state index contributed by atoms with van der Waals surface area (Å²) in [5.41, 5.74) is 1.32. The van der Waals surface area contributed by atoms with Crippen molar-refractivity contribution in [2.45, 2.75) is 32.1 Å². The lowest BCUT2D eigenvalue weighted by atomic mass is 10.2. The molecule has 18 heavy (non-hydrogen) atoms. The maximum Gasteiger partial charge on any atom is 0.0519 e. The summed E-state index contributed by atoms with van der Waals surface area (Å²) in [6, 6.07) is 8.04. The molecule has 0 heterocycles. The van der Waals surface area contributed by atoms with Crippen LogP contribution in [0.15, 0.2) is 36.4 Å². The van der Waals surface area contributed by atoms with Crippen molar-refractivity contribution in [1.82, 2.24) is 0 Å². The van der Waals surface area contributed by atoms with E-state index in [9.17, 15) is 0 Å². The molecule has 0 N–H and O–H groups in total. The van der Waals surface area contributed by atoms with E-state index in [1.807, 2.05) is 23.9 Å². The van der Waals surface area contributed by atoms with E-state index >= 15 is 0 Å². The molecule has 1 nitrogen and oxygen atoms in total. The lowest BCUT2D eigenvalue weighted by molar-refractivity contribution is 0.0826. The summed E-state index contributed by atoms with van der Waals surface area (Å²) in [4.78, 5) is 0. The van der Waals surface area contributed by atoms with Crippen LogP contribution in [0, 0.1) is 0 Å². The van der Waals surface area contributed by atoms with Gasteiger partial charge in [-0.2, -0.15) is 11.8 Å². The van der Waals surface area contributed by atoms with E-state index < -0.39 is 0 Å². The minimum atomic E-state index is 0.331. The van der Waals surface area contributed by atoms with E-state index in [0.29, 0.717) is 6.10 Å². The van der Waals surface area contributed by atoms with E-state index in [2.05, 4.69) is 38.1 Å². The van der Waals surface area contributed by atoms with Crippen LogP contribution in [0.3, 0.4) is 0 Å². The molecular formula is C15H21ClOS. The number of thioether (sulfide) groups is 1. The first kappa shape index (κ1) is 15.6. The molecule has 3 heteroatoms. The van der Waals surface area contributed by atoms with Gasteiger partial charge in [0.15, 0.2) is 0 Å². The summed E-state index contributed by atoms with van der Waals surface area (Å²) < 4.78 is 5.46. The van der Waals surface area contributed by atoms with Gasteiger partial charge >= 0.3 is 0 Å². The molecular weight excluding hydrogens is 264 g/mol. The maximum atomic E-state index is 5.84. The average molecular weight is 285 g/mol. The Morgan fingerprint density at radius 3 is 2.61 bits per heavy atom. The quantitative estimate of drug-likeness (QED) is 0.494. The van der Waals surface area contributed by atoms with Crippen LogP contribution in [0.4, 0.5) is 0 Å². The summed E-state index contributed by atoms with van der Waals surface area (Å²) >= 11 is 7.74. The molecule has 0 unspecified atom stereocenters. The topological polar surface area (TPSA) is 9.23 Å². The van der Waals surface area contributed by atoms with Gasteiger partial charge in [0.05, 0.1) is 12.7 Å². The van der Waals surface area contributed by atoms with E-state index in [1.54, 1.807) is 0 Å². The van der Waals surface area contributed by atoms with Crippen molar-refractivity contribution < 1.29 is 4.74 Å². The smallest absolute Gasteiger partial charge is 0.0519 e. The zero-order chi connectivity index (χ0) is 13.2. The van der Waals surface area contributed by atoms with Gasteiger partial charge < -0.3 is 4.74 Å². The van der Waals surface area contributed by atoms with Crippen LogP contribution in [0.1, 0.15) is 25.8 Å². The third-order valence-electron chi connectivity index (χ3n) is 2.30. The Kier molecular flexibility index (Phi) is 8.23. The van der Waals surface area contributed by atoms with Gasteiger partial charge in [-0.15, -0.1) is 0 Å². The molecule has 0 amide bonds. The normalized spacial score (nSPS) is 11.6. The highest BCUT2D eigenvalue weighted by Crippen LogP contribution is 2.15. The molecule has 0 aliphatic rings. The predicted octanol–water partition coefficient (Wildman–Crippen LogP) is 4.94. The molecule has 0 radical (unpaired) electrons. The SMILES string of the molecule is CC(C)OCCC=CCSCc1ccc(Cl)cc1. The standard InChI is InChI=1S/C15H21ClOS/c1-13(2)17-10-4-3-5-11-18-12-14-6-8-15(16)9-7-14/h3,5-9,13H,4,10-12H2,1-2H3. The van der Waals surface area contributed by atoms with Crippen molar-refractivity contribution in [3.63, 3.8) is 0 Å². The molecule has 0 aliphatic heterocycles. The van der Waals surface area contributed by atoms with Gasteiger partial charge in [0.1, 0.15) is 0 Å². The van der Waals surface area contributed by atoms with Gasteiger partial charge in [-0.05, 0) is 38.0 Å². The van der Waals surface area contributed by atoms with E-state index in [4.69, 9.17) is 16.3 Å². The monoisotopic (exact) mass is 284 g/mol. The van der Waals surface area contributed by atoms with Gasteiger partial charge in [-0.3, -0.25) is 0 Å². The Morgan fingerprint density at radius 2 is 1.94 bits per heavy atom. The lowest BCUT2D eigenvalue weighted by Crippen LogP contribution is -2.02. The Morgan fingerprint density at radius 1 is 1.22 bits per heavy atom. The number of rotatable bonds is 8. The molecule has 1 rings (SSSR count). The molecule has 0 bridgehead atoms. The van der Waals surface area contributed by atoms with Gasteiger partial charge in [0.25, 0.3) is 0 Å². The summed E-state index contributed by atoms with van der Waals surface area (Å²) in [5.74, 6) is 2.08. The highest BCUT2D eigenvalue weighted by Gasteiger charge is 1.93. The second-order valence-electron chi connectivity index (χ2n) is 4.32. The summed E-state index contributed by atoms with van der Waals surface area (Å²) in [7, 11) is 0. The highest BCUT2D eigenvalue weighted by atomic mass is 35.5. The molecule has 0 atom stereocenters. The van der Waals surface area contributed by atoms with Gasteiger partial charge in [0.2, 0.25) is 0 Å². The first-order valence-electron chi connectivity index (χ1n) is 6.27. The van der Waals surface area contributed by atoms with Gasteiger partial charge in [0, 0.05) is 16.5 Å². The van der Waals surface area contributed by atoms with Crippen molar-refractivity contribution in [2.24, 2.45) is 0 Å². The number of hydrogen-bond donors (Lipinski definition) is 0. The van der Waals surface area contributed by atoms with Crippen LogP contribution in [-0.2, 0) is 10.5 Å². The van der Waals surface area contributed by atoms with Crippen molar-refractivity contribution in [1.29, 1.82) is 0 Å². The Bertz CT molecular complexity index is 346. The van der Waals surface area contributed by atoms with Crippen molar-refractivity contribution in [3.8, 4) is 0 Å². The zero-order valence-electron chi connectivity index (χ0n) is 11.1. The number of hydrogen-bond acceptors (Lipinski definition) is 2. The van der Waals surface area contributed by atoms with E-state index in [1.165, 1.54) is 5.56 Å². The lowest BCUT2D eigenvalue weighted by Gasteiger charge is -2.04. The number of benzene rings is 1. The molecule has 0 spiro atoms. The van der Waals surface area contributed by atoms with Crippen LogP contribution in [-0.4, -0.2) is 18.5 Å². The molecule has 0 saturated carbocycles. The van der Waals surface area contributed by atoms with Crippen molar-refractivity contribution in [3.05, 3.63) is 47.0 Å². The minimum absolute atomic E-state index is 0.331. The van der Waals surface area contributed by atoms with Crippen LogP contribution < -0.4 is 0 Å². The molecule has 0 aliphatic carbocycles. The van der Waals surface area contributed by atoms with E-state index in [0.717, 1.165) is 29.6 Å². The fourth-order valence-electron chi connectivity index (χ4n) is 1.38. The third kappa shape index (κ3) is 7.80. The Hall–Kier alpha value is -0.440. The first-order valence-corrected chi connectivity index (χ1v) is 7.80. The first-order chi connectivity index (χ1) is 8.68. The third-order valence-corrected chi connectivity index (χ3v) is 3.52.